The number of amides is 1. The van der Waals surface area contributed by atoms with Crippen LogP contribution in [0.4, 0.5) is 5.69 Å². The number of rotatable bonds is 1. The van der Waals surface area contributed by atoms with Crippen LogP contribution in [0, 0.1) is 0 Å². The van der Waals surface area contributed by atoms with E-state index >= 15 is 0 Å². The molecule has 6 heteroatoms. The zero-order chi connectivity index (χ0) is 16.0. The van der Waals surface area contributed by atoms with Gasteiger partial charge in [0.2, 0.25) is 5.91 Å². The molecular weight excluding hydrogens is 312 g/mol. The molecule has 1 amide bonds. The second-order valence-electron chi connectivity index (χ2n) is 5.35. The van der Waals surface area contributed by atoms with Crippen LogP contribution in [0.15, 0.2) is 58.5 Å². The number of carbonyl (C=O) groups excluding carboxylic acids is 1. The van der Waals surface area contributed by atoms with Crippen LogP contribution in [0.1, 0.15) is 24.2 Å². The van der Waals surface area contributed by atoms with E-state index in [0.29, 0.717) is 5.02 Å². The number of amidine groups is 1. The van der Waals surface area contributed by atoms with E-state index in [9.17, 15) is 4.79 Å². The van der Waals surface area contributed by atoms with Gasteiger partial charge in [-0.25, -0.2) is 20.0 Å². The average Bonchev–Trinajstić information content (AvgIpc) is 2.95. The van der Waals surface area contributed by atoms with Gasteiger partial charge in [0.05, 0.1) is 5.69 Å². The number of carbonyl (C=O) groups is 1. The van der Waals surface area contributed by atoms with Crippen molar-refractivity contribution >= 4 is 35.4 Å². The monoisotopic (exact) mass is 324 g/mol. The highest BCUT2D eigenvalue weighted by molar-refractivity contribution is 6.30. The summed E-state index contributed by atoms with van der Waals surface area (Å²) in [5.74, 6) is 0.625. The summed E-state index contributed by atoms with van der Waals surface area (Å²) in [6.07, 6.45) is 1.22. The maximum absolute atomic E-state index is 12.2. The first-order chi connectivity index (χ1) is 11.1. The first kappa shape index (κ1) is 14.0. The first-order valence-corrected chi connectivity index (χ1v) is 7.59. The summed E-state index contributed by atoms with van der Waals surface area (Å²) in [5.41, 5.74) is 2.66. The van der Waals surface area contributed by atoms with Gasteiger partial charge >= 0.3 is 0 Å². The van der Waals surface area contributed by atoms with E-state index in [1.165, 1.54) is 6.92 Å². The molecule has 4 rings (SSSR count). The third-order valence-corrected chi connectivity index (χ3v) is 4.12. The van der Waals surface area contributed by atoms with Crippen molar-refractivity contribution in [3.05, 3.63) is 64.7 Å². The summed E-state index contributed by atoms with van der Waals surface area (Å²) in [7, 11) is 0. The molecule has 114 valence electrons. The number of benzene rings is 2. The van der Waals surface area contributed by atoms with Gasteiger partial charge in [0.15, 0.2) is 12.0 Å². The SMILES string of the molecule is CC(=O)N1C(c2ccc(Cl)cc2)N=C2c3ccccc3N=CN21. The van der Waals surface area contributed by atoms with Crippen molar-refractivity contribution < 1.29 is 4.79 Å². The molecule has 0 fully saturated rings. The van der Waals surface area contributed by atoms with Gasteiger partial charge in [-0.15, -0.1) is 0 Å². The Bertz CT molecular complexity index is 844. The molecule has 0 aliphatic carbocycles. The Morgan fingerprint density at radius 2 is 1.87 bits per heavy atom. The topological polar surface area (TPSA) is 48.3 Å². The second kappa shape index (κ2) is 5.21. The van der Waals surface area contributed by atoms with E-state index in [1.54, 1.807) is 28.5 Å². The van der Waals surface area contributed by atoms with Crippen LogP contribution >= 0.6 is 11.6 Å². The number of hydrazine groups is 1. The minimum absolute atomic E-state index is 0.102. The first-order valence-electron chi connectivity index (χ1n) is 7.21. The van der Waals surface area contributed by atoms with E-state index in [0.717, 1.165) is 22.6 Å². The fourth-order valence-electron chi connectivity index (χ4n) is 2.82. The number of nitrogens with zero attached hydrogens (tertiary/aromatic N) is 4. The maximum atomic E-state index is 12.2. The Morgan fingerprint density at radius 3 is 2.61 bits per heavy atom. The zero-order valence-electron chi connectivity index (χ0n) is 12.3. The number of aliphatic imine (C=N–C) groups is 2. The lowest BCUT2D eigenvalue weighted by molar-refractivity contribution is -0.138. The highest BCUT2D eigenvalue weighted by Gasteiger charge is 2.38. The predicted octanol–water partition coefficient (Wildman–Crippen LogP) is 3.54. The Balaban J connectivity index is 1.84. The average molecular weight is 325 g/mol. The summed E-state index contributed by atoms with van der Waals surface area (Å²) >= 11 is 5.96. The van der Waals surface area contributed by atoms with Crippen LogP contribution in [-0.4, -0.2) is 28.1 Å². The molecule has 5 nitrogen and oxygen atoms in total. The van der Waals surface area contributed by atoms with Crippen LogP contribution in [-0.2, 0) is 4.79 Å². The Kier molecular flexibility index (Phi) is 3.16. The van der Waals surface area contributed by atoms with Crippen molar-refractivity contribution in [1.82, 2.24) is 10.0 Å². The Labute approximate surface area is 138 Å². The van der Waals surface area contributed by atoms with Crippen LogP contribution < -0.4 is 0 Å². The quantitative estimate of drug-likeness (QED) is 0.805. The molecule has 2 aromatic rings. The van der Waals surface area contributed by atoms with Crippen molar-refractivity contribution in [2.75, 3.05) is 0 Å². The molecule has 0 radical (unpaired) electrons. The molecule has 0 saturated carbocycles. The molecule has 2 heterocycles. The van der Waals surface area contributed by atoms with Gasteiger partial charge in [-0.3, -0.25) is 4.79 Å². The Morgan fingerprint density at radius 1 is 1.13 bits per heavy atom. The number of fused-ring (bicyclic) bond motifs is 3. The molecule has 1 unspecified atom stereocenters. The fourth-order valence-corrected chi connectivity index (χ4v) is 2.95. The van der Waals surface area contributed by atoms with Crippen molar-refractivity contribution in [3.63, 3.8) is 0 Å². The van der Waals surface area contributed by atoms with Gasteiger partial charge in [0.25, 0.3) is 0 Å². The molecule has 2 aliphatic heterocycles. The molecular formula is C17H13ClN4O. The molecule has 2 aliphatic rings. The zero-order valence-corrected chi connectivity index (χ0v) is 13.1. The molecule has 1 atom stereocenters. The molecule has 0 saturated heterocycles. The van der Waals surface area contributed by atoms with Crippen LogP contribution in [0.25, 0.3) is 0 Å². The molecule has 0 spiro atoms. The largest absolute Gasteiger partial charge is 0.273 e. The minimum Gasteiger partial charge on any atom is -0.273 e. The number of halogens is 1. The van der Waals surface area contributed by atoms with E-state index in [1.807, 2.05) is 36.4 Å². The van der Waals surface area contributed by atoms with Gasteiger partial charge in [-0.1, -0.05) is 35.9 Å². The molecule has 23 heavy (non-hydrogen) atoms. The summed E-state index contributed by atoms with van der Waals surface area (Å²) in [6.45, 7) is 1.52. The summed E-state index contributed by atoms with van der Waals surface area (Å²) in [6, 6.07) is 15.1. The van der Waals surface area contributed by atoms with E-state index in [4.69, 9.17) is 16.6 Å². The summed E-state index contributed by atoms with van der Waals surface area (Å²) in [5, 5.41) is 3.96. The van der Waals surface area contributed by atoms with Gasteiger partial charge in [-0.2, -0.15) is 0 Å². The standard InChI is InChI=1S/C17H13ClN4O/c1-11(23)22-16(12-6-8-13(18)9-7-12)20-17-14-4-2-3-5-15(14)19-10-21(17)22/h2-10,16H,1H3. The van der Waals surface area contributed by atoms with Crippen LogP contribution in [0.3, 0.4) is 0 Å². The van der Waals surface area contributed by atoms with Gasteiger partial charge in [-0.05, 0) is 29.8 Å². The van der Waals surface area contributed by atoms with Crippen molar-refractivity contribution in [3.8, 4) is 0 Å². The molecule has 0 aromatic heterocycles. The third kappa shape index (κ3) is 2.21. The minimum atomic E-state index is -0.419. The molecule has 0 N–H and O–H groups in total. The van der Waals surface area contributed by atoms with Gasteiger partial charge in [0.1, 0.15) is 6.34 Å². The smallest absolute Gasteiger partial charge is 0.240 e. The predicted molar refractivity (Wildman–Crippen MR) is 89.7 cm³/mol. The normalized spacial score (nSPS) is 18.5. The third-order valence-electron chi connectivity index (χ3n) is 3.87. The molecule has 0 bridgehead atoms. The van der Waals surface area contributed by atoms with E-state index in [2.05, 4.69) is 4.99 Å². The highest BCUT2D eigenvalue weighted by Crippen LogP contribution is 2.36. The highest BCUT2D eigenvalue weighted by atomic mass is 35.5. The molecule has 2 aromatic carbocycles. The lowest BCUT2D eigenvalue weighted by Crippen LogP contribution is -2.45. The van der Waals surface area contributed by atoms with E-state index in [-0.39, 0.29) is 5.91 Å². The summed E-state index contributed by atoms with van der Waals surface area (Å²) < 4.78 is 0. The van der Waals surface area contributed by atoms with Crippen molar-refractivity contribution in [1.29, 1.82) is 0 Å². The van der Waals surface area contributed by atoms with Crippen LogP contribution in [0.5, 0.6) is 0 Å². The Hall–Kier alpha value is -2.66. The lowest BCUT2D eigenvalue weighted by atomic mass is 10.1. The number of hydrogen-bond acceptors (Lipinski definition) is 4. The van der Waals surface area contributed by atoms with E-state index < -0.39 is 6.17 Å². The van der Waals surface area contributed by atoms with Crippen LogP contribution in [0.2, 0.25) is 5.02 Å². The van der Waals surface area contributed by atoms with Crippen molar-refractivity contribution in [2.45, 2.75) is 13.1 Å². The second-order valence-corrected chi connectivity index (χ2v) is 5.78. The number of hydrogen-bond donors (Lipinski definition) is 0. The number of para-hydroxylation sites is 1. The van der Waals surface area contributed by atoms with Crippen molar-refractivity contribution in [2.24, 2.45) is 9.98 Å². The lowest BCUT2D eigenvalue weighted by Gasteiger charge is -2.31. The van der Waals surface area contributed by atoms with Gasteiger partial charge < -0.3 is 0 Å². The fraction of sp³-hybridized carbons (Fsp3) is 0.118. The maximum Gasteiger partial charge on any atom is 0.240 e. The van der Waals surface area contributed by atoms with Gasteiger partial charge in [0, 0.05) is 17.5 Å². The summed E-state index contributed by atoms with van der Waals surface area (Å²) in [4.78, 5) is 21.4.